The third-order valence-corrected chi connectivity index (χ3v) is 3.98. The molecule has 0 saturated carbocycles. The lowest BCUT2D eigenvalue weighted by molar-refractivity contribution is -0.384. The van der Waals surface area contributed by atoms with Crippen molar-refractivity contribution in [1.29, 1.82) is 0 Å². The fourth-order valence-electron chi connectivity index (χ4n) is 1.82. The number of carbonyl (C=O) groups excluding carboxylic acids is 1. The fraction of sp³-hybridized carbons (Fsp3) is 0.133. The van der Waals surface area contributed by atoms with Crippen LogP contribution in [0.15, 0.2) is 52.3 Å². The first-order valence-corrected chi connectivity index (χ1v) is 6.95. The van der Waals surface area contributed by atoms with E-state index in [1.807, 2.05) is 24.3 Å². The smallest absolute Gasteiger partial charge is 0.270 e. The second kappa shape index (κ2) is 6.41. The van der Waals surface area contributed by atoms with Crippen LogP contribution in [0, 0.1) is 10.1 Å². The lowest BCUT2D eigenvalue weighted by Gasteiger charge is -2.10. The van der Waals surface area contributed by atoms with Crippen molar-refractivity contribution in [2.24, 2.45) is 0 Å². The molecule has 0 radical (unpaired) electrons. The molecule has 0 aliphatic rings. The SMILES string of the molecule is COc1ccccc1Sc1ccc([N+](=O)[O-])cc1C(C)=O. The molecular formula is C15H13NO4S. The second-order valence-corrected chi connectivity index (χ2v) is 5.33. The Balaban J connectivity index is 2.44. The average Bonchev–Trinajstić information content (AvgIpc) is 2.47. The molecule has 2 rings (SSSR count). The van der Waals surface area contributed by atoms with E-state index in [2.05, 4.69) is 0 Å². The third kappa shape index (κ3) is 3.41. The normalized spacial score (nSPS) is 10.2. The van der Waals surface area contributed by atoms with Crippen LogP contribution in [0.25, 0.3) is 0 Å². The van der Waals surface area contributed by atoms with Gasteiger partial charge < -0.3 is 4.74 Å². The highest BCUT2D eigenvalue weighted by Crippen LogP contribution is 2.37. The van der Waals surface area contributed by atoms with Gasteiger partial charge in [-0.1, -0.05) is 23.9 Å². The molecule has 0 heterocycles. The van der Waals surface area contributed by atoms with E-state index in [0.717, 1.165) is 4.90 Å². The molecule has 5 nitrogen and oxygen atoms in total. The Morgan fingerprint density at radius 1 is 1.19 bits per heavy atom. The zero-order chi connectivity index (χ0) is 15.4. The number of rotatable bonds is 5. The van der Waals surface area contributed by atoms with Gasteiger partial charge >= 0.3 is 0 Å². The van der Waals surface area contributed by atoms with Crippen LogP contribution < -0.4 is 4.74 Å². The number of hydrogen-bond acceptors (Lipinski definition) is 5. The van der Waals surface area contributed by atoms with Gasteiger partial charge in [-0.15, -0.1) is 0 Å². The Kier molecular flexibility index (Phi) is 4.59. The molecule has 0 aromatic heterocycles. The van der Waals surface area contributed by atoms with E-state index < -0.39 is 4.92 Å². The number of para-hydroxylation sites is 1. The third-order valence-electron chi connectivity index (χ3n) is 2.84. The minimum absolute atomic E-state index is 0.0930. The van der Waals surface area contributed by atoms with Gasteiger partial charge in [0.15, 0.2) is 5.78 Å². The van der Waals surface area contributed by atoms with Crippen molar-refractivity contribution in [2.75, 3.05) is 7.11 Å². The van der Waals surface area contributed by atoms with Gasteiger partial charge in [0.05, 0.1) is 16.9 Å². The number of methoxy groups -OCH3 is 1. The summed E-state index contributed by atoms with van der Waals surface area (Å²) in [5.74, 6) is 0.478. The molecule has 2 aromatic rings. The lowest BCUT2D eigenvalue weighted by atomic mass is 10.1. The summed E-state index contributed by atoms with van der Waals surface area (Å²) in [5.41, 5.74) is 0.240. The number of nitro groups is 1. The van der Waals surface area contributed by atoms with E-state index >= 15 is 0 Å². The summed E-state index contributed by atoms with van der Waals surface area (Å²) < 4.78 is 5.27. The van der Waals surface area contributed by atoms with Crippen LogP contribution in [0.4, 0.5) is 5.69 Å². The molecule has 0 fully saturated rings. The van der Waals surface area contributed by atoms with Gasteiger partial charge in [-0.2, -0.15) is 0 Å². The molecule has 0 atom stereocenters. The maximum atomic E-state index is 11.7. The minimum Gasteiger partial charge on any atom is -0.496 e. The standard InChI is InChI=1S/C15H13NO4S/c1-10(17)12-9-11(16(18)19)7-8-14(12)21-15-6-4-3-5-13(15)20-2/h3-9H,1-2H3. The molecule has 0 N–H and O–H groups in total. The van der Waals surface area contributed by atoms with Gasteiger partial charge in [-0.25, -0.2) is 0 Å². The molecule has 0 bridgehead atoms. The molecule has 108 valence electrons. The Labute approximate surface area is 126 Å². The number of hydrogen-bond donors (Lipinski definition) is 0. The maximum absolute atomic E-state index is 11.7. The summed E-state index contributed by atoms with van der Waals surface area (Å²) in [6, 6.07) is 11.7. The Hall–Kier alpha value is -2.34. The lowest BCUT2D eigenvalue weighted by Crippen LogP contribution is -1.98. The monoisotopic (exact) mass is 303 g/mol. The van der Waals surface area contributed by atoms with Gasteiger partial charge in [-0.05, 0) is 25.1 Å². The van der Waals surface area contributed by atoms with Crippen molar-refractivity contribution in [3.8, 4) is 5.75 Å². The van der Waals surface area contributed by atoms with E-state index in [4.69, 9.17) is 4.74 Å². The Morgan fingerprint density at radius 3 is 2.52 bits per heavy atom. The zero-order valence-corrected chi connectivity index (χ0v) is 12.3. The van der Waals surface area contributed by atoms with E-state index in [1.54, 1.807) is 13.2 Å². The first-order valence-electron chi connectivity index (χ1n) is 6.13. The van der Waals surface area contributed by atoms with E-state index in [0.29, 0.717) is 16.2 Å². The van der Waals surface area contributed by atoms with Gasteiger partial charge in [0.25, 0.3) is 5.69 Å². The predicted octanol–water partition coefficient (Wildman–Crippen LogP) is 3.96. The molecule has 0 saturated heterocycles. The van der Waals surface area contributed by atoms with Gasteiger partial charge in [0.2, 0.25) is 0 Å². The zero-order valence-electron chi connectivity index (χ0n) is 11.5. The minimum atomic E-state index is -0.510. The number of nitro benzene ring substituents is 1. The summed E-state index contributed by atoms with van der Waals surface area (Å²) in [4.78, 5) is 23.5. The molecule has 0 aliphatic heterocycles. The van der Waals surface area contributed by atoms with E-state index in [-0.39, 0.29) is 11.5 Å². The summed E-state index contributed by atoms with van der Waals surface area (Å²) in [6.45, 7) is 1.39. The summed E-state index contributed by atoms with van der Waals surface area (Å²) in [5, 5.41) is 10.8. The van der Waals surface area contributed by atoms with E-state index in [1.165, 1.54) is 30.8 Å². The van der Waals surface area contributed by atoms with Crippen molar-refractivity contribution >= 4 is 23.2 Å². The van der Waals surface area contributed by atoms with E-state index in [9.17, 15) is 14.9 Å². The van der Waals surface area contributed by atoms with Crippen LogP contribution in [0.3, 0.4) is 0 Å². The van der Waals surface area contributed by atoms with Crippen LogP contribution >= 0.6 is 11.8 Å². The van der Waals surface area contributed by atoms with Crippen LogP contribution in [0.2, 0.25) is 0 Å². The largest absolute Gasteiger partial charge is 0.496 e. The summed E-state index contributed by atoms with van der Waals surface area (Å²) >= 11 is 1.35. The topological polar surface area (TPSA) is 69.4 Å². The highest BCUT2D eigenvalue weighted by atomic mass is 32.2. The number of non-ortho nitro benzene ring substituents is 1. The van der Waals surface area contributed by atoms with Crippen molar-refractivity contribution < 1.29 is 14.5 Å². The predicted molar refractivity (Wildman–Crippen MR) is 80.2 cm³/mol. The van der Waals surface area contributed by atoms with Gasteiger partial charge in [0.1, 0.15) is 5.75 Å². The highest BCUT2D eigenvalue weighted by Gasteiger charge is 2.16. The molecule has 21 heavy (non-hydrogen) atoms. The number of ketones is 1. The first kappa shape index (κ1) is 15.1. The first-order chi connectivity index (χ1) is 10.0. The molecule has 0 aliphatic carbocycles. The number of ether oxygens (including phenoxy) is 1. The van der Waals surface area contributed by atoms with Crippen LogP contribution in [-0.2, 0) is 0 Å². The average molecular weight is 303 g/mol. The number of carbonyl (C=O) groups is 1. The molecule has 6 heteroatoms. The maximum Gasteiger partial charge on any atom is 0.270 e. The molecule has 2 aromatic carbocycles. The van der Waals surface area contributed by atoms with Crippen molar-refractivity contribution in [1.82, 2.24) is 0 Å². The van der Waals surface area contributed by atoms with Crippen LogP contribution in [0.5, 0.6) is 5.75 Å². The summed E-state index contributed by atoms with van der Waals surface area (Å²) in [6.07, 6.45) is 0. The van der Waals surface area contributed by atoms with Crippen LogP contribution in [0.1, 0.15) is 17.3 Å². The number of nitrogens with zero attached hydrogens (tertiary/aromatic N) is 1. The van der Waals surface area contributed by atoms with Crippen molar-refractivity contribution in [3.63, 3.8) is 0 Å². The quantitative estimate of drug-likeness (QED) is 0.475. The van der Waals surface area contributed by atoms with Gasteiger partial charge in [-0.3, -0.25) is 14.9 Å². The van der Waals surface area contributed by atoms with Gasteiger partial charge in [0, 0.05) is 22.6 Å². The number of Topliss-reactive ketones (excluding diaryl/α,β-unsaturated/α-hetero) is 1. The fourth-order valence-corrected chi connectivity index (χ4v) is 2.90. The van der Waals surface area contributed by atoms with Crippen molar-refractivity contribution in [3.05, 3.63) is 58.1 Å². The highest BCUT2D eigenvalue weighted by molar-refractivity contribution is 7.99. The second-order valence-electron chi connectivity index (χ2n) is 4.25. The molecular weight excluding hydrogens is 290 g/mol. The molecule has 0 unspecified atom stereocenters. The number of benzene rings is 2. The molecule has 0 spiro atoms. The Morgan fingerprint density at radius 2 is 1.90 bits per heavy atom. The Bertz CT molecular complexity index is 700. The van der Waals surface area contributed by atoms with Crippen molar-refractivity contribution in [2.45, 2.75) is 16.7 Å². The van der Waals surface area contributed by atoms with Crippen LogP contribution in [-0.4, -0.2) is 17.8 Å². The molecule has 0 amide bonds. The summed E-state index contributed by atoms with van der Waals surface area (Å²) in [7, 11) is 1.57.